The van der Waals surface area contributed by atoms with E-state index < -0.39 is 40.2 Å². The van der Waals surface area contributed by atoms with Gasteiger partial charge in [-0.15, -0.1) is 0 Å². The molecule has 0 bridgehead atoms. The number of nitrogens with zero attached hydrogens (tertiary/aromatic N) is 2. The zero-order valence-corrected chi connectivity index (χ0v) is 20.8. The van der Waals surface area contributed by atoms with E-state index in [0.717, 1.165) is 12.3 Å². The van der Waals surface area contributed by atoms with Crippen molar-refractivity contribution in [2.75, 3.05) is 23.7 Å². The molecule has 0 aromatic heterocycles. The maximum absolute atomic E-state index is 14.4. The summed E-state index contributed by atoms with van der Waals surface area (Å²) in [6.07, 6.45) is 1.59. The molecule has 11 heteroatoms. The summed E-state index contributed by atoms with van der Waals surface area (Å²) in [5, 5.41) is 3.33. The normalized spacial score (nSPS) is 12.2. The molecule has 1 atom stereocenters. The van der Waals surface area contributed by atoms with Gasteiger partial charge in [0.1, 0.15) is 18.4 Å². The average Bonchev–Trinajstić information content (AvgIpc) is 2.75. The lowest BCUT2D eigenvalue weighted by Crippen LogP contribution is -2.51. The molecule has 0 unspecified atom stereocenters. The minimum absolute atomic E-state index is 0.0364. The summed E-state index contributed by atoms with van der Waals surface area (Å²) in [4.78, 5) is 27.2. The average molecular weight is 518 g/mol. The van der Waals surface area contributed by atoms with Crippen molar-refractivity contribution in [1.29, 1.82) is 0 Å². The zero-order chi connectivity index (χ0) is 24.8. The Morgan fingerprint density at radius 3 is 2.36 bits per heavy atom. The smallest absolute Gasteiger partial charge is 0.244 e. The second-order valence-electron chi connectivity index (χ2n) is 7.46. The van der Waals surface area contributed by atoms with Crippen LogP contribution < -0.4 is 9.62 Å². The number of anilines is 1. The first kappa shape index (κ1) is 26.9. The predicted octanol–water partition coefficient (Wildman–Crippen LogP) is 3.84. The predicted molar refractivity (Wildman–Crippen MR) is 128 cm³/mol. The van der Waals surface area contributed by atoms with E-state index in [0.29, 0.717) is 27.9 Å². The summed E-state index contributed by atoms with van der Waals surface area (Å²) < 4.78 is 39.8. The highest BCUT2D eigenvalue weighted by molar-refractivity contribution is 7.92. The zero-order valence-electron chi connectivity index (χ0n) is 18.5. The number of amides is 2. The molecule has 33 heavy (non-hydrogen) atoms. The van der Waals surface area contributed by atoms with Crippen molar-refractivity contribution in [3.8, 4) is 0 Å². The van der Waals surface area contributed by atoms with Crippen molar-refractivity contribution in [3.05, 3.63) is 63.9 Å². The molecule has 0 spiro atoms. The quantitative estimate of drug-likeness (QED) is 0.518. The van der Waals surface area contributed by atoms with E-state index in [1.165, 1.54) is 30.0 Å². The Balaban J connectivity index is 2.40. The van der Waals surface area contributed by atoms with Crippen LogP contribution in [0.3, 0.4) is 0 Å². The van der Waals surface area contributed by atoms with Crippen molar-refractivity contribution in [2.24, 2.45) is 0 Å². The largest absolute Gasteiger partial charge is 0.354 e. The summed E-state index contributed by atoms with van der Waals surface area (Å²) in [5.41, 5.74) is 0.329. The van der Waals surface area contributed by atoms with Crippen molar-refractivity contribution in [2.45, 2.75) is 32.9 Å². The van der Waals surface area contributed by atoms with Crippen LogP contribution in [0.1, 0.15) is 25.8 Å². The molecule has 7 nitrogen and oxygen atoms in total. The lowest BCUT2D eigenvalue weighted by molar-refractivity contribution is -0.139. The Morgan fingerprint density at radius 2 is 1.79 bits per heavy atom. The Kier molecular flexibility index (Phi) is 9.51. The lowest BCUT2D eigenvalue weighted by atomic mass is 10.1. The van der Waals surface area contributed by atoms with Crippen LogP contribution in [-0.2, 0) is 26.2 Å². The highest BCUT2D eigenvalue weighted by Gasteiger charge is 2.30. The first-order chi connectivity index (χ1) is 15.5. The van der Waals surface area contributed by atoms with E-state index in [1.54, 1.807) is 18.2 Å². The second kappa shape index (κ2) is 11.7. The molecule has 2 rings (SSSR count). The minimum Gasteiger partial charge on any atom is -0.354 e. The van der Waals surface area contributed by atoms with Crippen molar-refractivity contribution >= 4 is 50.7 Å². The van der Waals surface area contributed by atoms with Gasteiger partial charge in [-0.2, -0.15) is 0 Å². The second-order valence-corrected chi connectivity index (χ2v) is 10.2. The minimum atomic E-state index is -4.01. The monoisotopic (exact) mass is 517 g/mol. The molecule has 0 aliphatic carbocycles. The Labute approximate surface area is 203 Å². The van der Waals surface area contributed by atoms with Gasteiger partial charge in [-0.1, -0.05) is 48.3 Å². The number of carbonyl (C=O) groups excluding carboxylic acids is 2. The van der Waals surface area contributed by atoms with E-state index in [4.69, 9.17) is 23.2 Å². The third kappa shape index (κ3) is 7.31. The number of sulfonamides is 1. The number of benzene rings is 2. The Bertz CT molecular complexity index is 1110. The number of halogens is 3. The van der Waals surface area contributed by atoms with Crippen LogP contribution >= 0.6 is 23.2 Å². The fourth-order valence-corrected chi connectivity index (χ4v) is 4.23. The number of nitrogens with one attached hydrogen (secondary N) is 1. The first-order valence-corrected chi connectivity index (χ1v) is 12.8. The van der Waals surface area contributed by atoms with Crippen molar-refractivity contribution in [3.63, 3.8) is 0 Å². The van der Waals surface area contributed by atoms with Gasteiger partial charge in [-0.05, 0) is 43.2 Å². The summed E-state index contributed by atoms with van der Waals surface area (Å²) in [7, 11) is -4.01. The summed E-state index contributed by atoms with van der Waals surface area (Å²) >= 11 is 12.1. The van der Waals surface area contributed by atoms with Crippen LogP contribution in [0, 0.1) is 5.82 Å². The molecular formula is C22H26Cl2FN3O4S. The Hall–Kier alpha value is -2.36. The van der Waals surface area contributed by atoms with Crippen molar-refractivity contribution < 1.29 is 22.4 Å². The highest BCUT2D eigenvalue weighted by atomic mass is 35.5. The molecule has 180 valence electrons. The van der Waals surface area contributed by atoms with Crippen LogP contribution in [0.15, 0.2) is 42.5 Å². The summed E-state index contributed by atoms with van der Waals surface area (Å²) in [6.45, 7) is 3.12. The van der Waals surface area contributed by atoms with Gasteiger partial charge >= 0.3 is 0 Å². The van der Waals surface area contributed by atoms with Crippen LogP contribution in [-0.4, -0.2) is 50.5 Å². The van der Waals surface area contributed by atoms with Gasteiger partial charge in [0.25, 0.3) is 0 Å². The van der Waals surface area contributed by atoms with E-state index >= 15 is 0 Å². The molecule has 0 fully saturated rings. The molecule has 2 amide bonds. The van der Waals surface area contributed by atoms with Crippen LogP contribution in [0.5, 0.6) is 0 Å². The van der Waals surface area contributed by atoms with Gasteiger partial charge in [-0.3, -0.25) is 13.9 Å². The molecule has 0 saturated heterocycles. The number of hydrogen-bond donors (Lipinski definition) is 1. The number of carbonyl (C=O) groups is 2. The van der Waals surface area contributed by atoms with Gasteiger partial charge in [0, 0.05) is 13.1 Å². The third-order valence-corrected chi connectivity index (χ3v) is 6.72. The van der Waals surface area contributed by atoms with E-state index in [-0.39, 0.29) is 17.3 Å². The van der Waals surface area contributed by atoms with E-state index in [9.17, 15) is 22.4 Å². The molecule has 0 aliphatic heterocycles. The van der Waals surface area contributed by atoms with Gasteiger partial charge in [0.05, 0.1) is 22.0 Å². The van der Waals surface area contributed by atoms with Gasteiger partial charge in [-0.25, -0.2) is 12.8 Å². The van der Waals surface area contributed by atoms with Crippen LogP contribution in [0.25, 0.3) is 0 Å². The summed E-state index contributed by atoms with van der Waals surface area (Å²) in [5.74, 6) is -1.88. The van der Waals surface area contributed by atoms with Gasteiger partial charge in [0.15, 0.2) is 0 Å². The molecule has 2 aromatic rings. The molecular weight excluding hydrogens is 492 g/mol. The van der Waals surface area contributed by atoms with E-state index in [2.05, 4.69) is 5.32 Å². The lowest BCUT2D eigenvalue weighted by Gasteiger charge is -2.31. The number of para-hydroxylation sites is 1. The molecule has 0 saturated carbocycles. The van der Waals surface area contributed by atoms with E-state index in [1.807, 2.05) is 6.92 Å². The number of hydrogen-bond acceptors (Lipinski definition) is 4. The third-order valence-electron chi connectivity index (χ3n) is 4.85. The van der Waals surface area contributed by atoms with Crippen molar-refractivity contribution in [1.82, 2.24) is 10.2 Å². The SMILES string of the molecule is CCCNC(=O)[C@@H](C)N(Cc1ccc(Cl)c(Cl)c1)C(=O)CN(c1ccccc1F)S(C)(=O)=O. The maximum atomic E-state index is 14.4. The molecule has 0 heterocycles. The fourth-order valence-electron chi connectivity index (χ4n) is 3.06. The maximum Gasteiger partial charge on any atom is 0.244 e. The topological polar surface area (TPSA) is 86.8 Å². The van der Waals surface area contributed by atoms with Crippen LogP contribution in [0.2, 0.25) is 10.0 Å². The van der Waals surface area contributed by atoms with Crippen LogP contribution in [0.4, 0.5) is 10.1 Å². The molecule has 1 N–H and O–H groups in total. The van der Waals surface area contributed by atoms with Gasteiger partial charge in [0.2, 0.25) is 21.8 Å². The number of rotatable bonds is 10. The summed E-state index contributed by atoms with van der Waals surface area (Å²) in [6, 6.07) is 9.10. The Morgan fingerprint density at radius 1 is 1.12 bits per heavy atom. The highest BCUT2D eigenvalue weighted by Crippen LogP contribution is 2.25. The molecule has 2 aromatic carbocycles. The van der Waals surface area contributed by atoms with Gasteiger partial charge < -0.3 is 10.2 Å². The first-order valence-electron chi connectivity index (χ1n) is 10.2. The standard InChI is InChI=1S/C22H26Cl2FN3O4S/c1-4-11-26-22(30)15(2)27(13-16-9-10-17(23)18(24)12-16)21(29)14-28(33(3,31)32)20-8-6-5-7-19(20)25/h5-10,12,15H,4,11,13-14H2,1-3H3,(H,26,30)/t15-/m1/s1. The molecule has 0 aliphatic rings. The molecule has 0 radical (unpaired) electrons. The fraction of sp³-hybridized carbons (Fsp3) is 0.364.